The number of carbonyl (C=O) groups is 1. The third kappa shape index (κ3) is 10.2. The molecule has 1 aliphatic heterocycles. The smallest absolute Gasteiger partial charge is 0.204 e. The minimum Gasteiger partial charge on any atom is -0.482 e. The highest BCUT2D eigenvalue weighted by Gasteiger charge is 1.84. The molecular weight excluding hydrogens is 174 g/mol. The van der Waals surface area contributed by atoms with Crippen molar-refractivity contribution < 1.29 is 14.1 Å². The summed E-state index contributed by atoms with van der Waals surface area (Å²) in [5, 5.41) is 3.35. The number of aromatic nitrogens is 1. The van der Waals surface area contributed by atoms with E-state index in [-0.39, 0.29) is 6.41 Å². The summed E-state index contributed by atoms with van der Waals surface area (Å²) < 4.78 is 8.99. The zero-order chi connectivity index (χ0) is 9.78. The molecule has 0 aromatic carbocycles. The number of primary amides is 1. The van der Waals surface area contributed by atoms with Gasteiger partial charge in [0.1, 0.15) is 12.9 Å². The van der Waals surface area contributed by atoms with Crippen LogP contribution < -0.4 is 5.73 Å². The molecular formula is C7H11N3O3. The number of hydrogen-bond acceptors (Lipinski definition) is 5. The summed E-state index contributed by atoms with van der Waals surface area (Å²) in [6, 6.07) is 1.72. The number of nitrogens with two attached hydrogens (primary N) is 1. The Morgan fingerprint density at radius 3 is 2.46 bits per heavy atom. The molecule has 1 aromatic rings. The summed E-state index contributed by atoms with van der Waals surface area (Å²) in [5.41, 5.74) is 4.17. The Kier molecular flexibility index (Phi) is 8.71. The molecule has 0 atom stereocenters. The van der Waals surface area contributed by atoms with Crippen molar-refractivity contribution in [3.8, 4) is 0 Å². The lowest BCUT2D eigenvalue weighted by molar-refractivity contribution is -0.106. The minimum atomic E-state index is 0.250. The number of nitrogens with zero attached hydrogens (tertiary/aromatic N) is 2. The first-order chi connectivity index (χ1) is 6.41. The van der Waals surface area contributed by atoms with Crippen LogP contribution in [0, 0.1) is 0 Å². The molecule has 72 valence electrons. The molecule has 6 heteroatoms. The Balaban J connectivity index is 0.000000174. The Bertz CT molecular complexity index is 188. The monoisotopic (exact) mass is 185 g/mol. The van der Waals surface area contributed by atoms with E-state index >= 15 is 0 Å². The minimum absolute atomic E-state index is 0.250. The summed E-state index contributed by atoms with van der Waals surface area (Å²) >= 11 is 0. The zero-order valence-electron chi connectivity index (χ0n) is 7.00. The van der Waals surface area contributed by atoms with Gasteiger partial charge in [0, 0.05) is 0 Å². The van der Waals surface area contributed by atoms with E-state index in [0.717, 1.165) is 13.2 Å². The van der Waals surface area contributed by atoms with Gasteiger partial charge < -0.3 is 15.0 Å². The van der Waals surface area contributed by atoms with Gasteiger partial charge >= 0.3 is 0 Å². The second-order valence-corrected chi connectivity index (χ2v) is 1.71. The Hall–Kier alpha value is -1.85. The highest BCUT2D eigenvalue weighted by Crippen LogP contribution is 1.78. The van der Waals surface area contributed by atoms with Gasteiger partial charge in [0.2, 0.25) is 6.41 Å². The molecule has 0 aliphatic carbocycles. The molecule has 0 bridgehead atoms. The number of rotatable bonds is 0. The van der Waals surface area contributed by atoms with Crippen LogP contribution in [-0.2, 0) is 9.53 Å². The van der Waals surface area contributed by atoms with Gasteiger partial charge in [-0.25, -0.2) is 0 Å². The summed E-state index contributed by atoms with van der Waals surface area (Å²) in [5.74, 6) is 0. The maximum atomic E-state index is 8.58. The van der Waals surface area contributed by atoms with E-state index < -0.39 is 0 Å². The maximum Gasteiger partial charge on any atom is 0.204 e. The highest BCUT2D eigenvalue weighted by molar-refractivity contribution is 5.47. The van der Waals surface area contributed by atoms with E-state index in [1.165, 1.54) is 12.7 Å². The van der Waals surface area contributed by atoms with Crippen LogP contribution in [0.1, 0.15) is 0 Å². The predicted octanol–water partition coefficient (Wildman–Crippen LogP) is -0.179. The van der Waals surface area contributed by atoms with Crippen LogP contribution >= 0.6 is 0 Å². The standard InChI is InChI=1S/C3H5NO.C3H3NO.CH3NO/c1-2-5-3-4-1;1-2-4-5-3-1;2-1-3/h3H,1-2H2;1-3H;1H,(H2,2,3). The van der Waals surface area contributed by atoms with E-state index in [9.17, 15) is 0 Å². The van der Waals surface area contributed by atoms with Crippen molar-refractivity contribution in [2.24, 2.45) is 10.7 Å². The van der Waals surface area contributed by atoms with Crippen molar-refractivity contribution in [2.45, 2.75) is 0 Å². The highest BCUT2D eigenvalue weighted by atomic mass is 16.5. The van der Waals surface area contributed by atoms with Gasteiger partial charge in [-0.15, -0.1) is 0 Å². The average molecular weight is 185 g/mol. The van der Waals surface area contributed by atoms with Crippen LogP contribution in [0.5, 0.6) is 0 Å². The lowest BCUT2D eigenvalue weighted by Gasteiger charge is -1.76. The number of carbonyl (C=O) groups excluding carboxylic acids is 1. The third-order valence-electron chi connectivity index (χ3n) is 0.835. The zero-order valence-corrected chi connectivity index (χ0v) is 7.00. The van der Waals surface area contributed by atoms with Crippen LogP contribution in [0.25, 0.3) is 0 Å². The number of amides is 1. The van der Waals surface area contributed by atoms with Crippen LogP contribution in [0.4, 0.5) is 0 Å². The van der Waals surface area contributed by atoms with Gasteiger partial charge in [-0.1, -0.05) is 5.16 Å². The summed E-state index contributed by atoms with van der Waals surface area (Å²) in [6.07, 6.45) is 4.83. The van der Waals surface area contributed by atoms with E-state index in [1.54, 1.807) is 12.3 Å². The summed E-state index contributed by atoms with van der Waals surface area (Å²) in [4.78, 5) is 12.3. The fourth-order valence-electron chi connectivity index (χ4n) is 0.439. The molecule has 2 N–H and O–H groups in total. The lowest BCUT2D eigenvalue weighted by Crippen LogP contribution is -1.82. The molecule has 13 heavy (non-hydrogen) atoms. The van der Waals surface area contributed by atoms with E-state index in [2.05, 4.69) is 25.1 Å². The first kappa shape index (κ1) is 11.2. The first-order valence-corrected chi connectivity index (χ1v) is 3.51. The SMILES string of the molecule is C1=NCCO1.NC=O.c1cnoc1. The number of ether oxygens (including phenoxy) is 1. The second-order valence-electron chi connectivity index (χ2n) is 1.71. The topological polar surface area (TPSA) is 90.7 Å². The molecule has 0 radical (unpaired) electrons. The molecule has 1 aromatic heterocycles. The molecule has 1 amide bonds. The summed E-state index contributed by atoms with van der Waals surface area (Å²) in [6.45, 7) is 1.62. The number of hydrogen-bond donors (Lipinski definition) is 1. The van der Waals surface area contributed by atoms with Gasteiger partial charge in [-0.3, -0.25) is 9.79 Å². The Morgan fingerprint density at radius 2 is 2.31 bits per heavy atom. The van der Waals surface area contributed by atoms with E-state index in [4.69, 9.17) is 4.79 Å². The van der Waals surface area contributed by atoms with Crippen LogP contribution in [0.2, 0.25) is 0 Å². The summed E-state index contributed by atoms with van der Waals surface area (Å²) in [7, 11) is 0. The molecule has 0 fully saturated rings. The largest absolute Gasteiger partial charge is 0.482 e. The van der Waals surface area contributed by atoms with Crippen molar-refractivity contribution >= 4 is 12.8 Å². The van der Waals surface area contributed by atoms with Gasteiger partial charge in [0.25, 0.3) is 0 Å². The average Bonchev–Trinajstić information content (AvgIpc) is 2.85. The van der Waals surface area contributed by atoms with Crippen molar-refractivity contribution in [3.05, 3.63) is 18.5 Å². The van der Waals surface area contributed by atoms with Crippen LogP contribution in [-0.4, -0.2) is 31.1 Å². The molecule has 0 saturated carbocycles. The third-order valence-corrected chi connectivity index (χ3v) is 0.835. The fraction of sp³-hybridized carbons (Fsp3) is 0.286. The predicted molar refractivity (Wildman–Crippen MR) is 46.1 cm³/mol. The first-order valence-electron chi connectivity index (χ1n) is 3.51. The van der Waals surface area contributed by atoms with Gasteiger partial charge in [0.15, 0.2) is 6.40 Å². The second kappa shape index (κ2) is 10.2. The molecule has 0 saturated heterocycles. The molecule has 6 nitrogen and oxygen atoms in total. The molecule has 0 spiro atoms. The number of aliphatic imine (C=N–C) groups is 1. The van der Waals surface area contributed by atoms with Crippen molar-refractivity contribution in [3.63, 3.8) is 0 Å². The van der Waals surface area contributed by atoms with Crippen molar-refractivity contribution in [1.82, 2.24) is 5.16 Å². The molecule has 2 heterocycles. The van der Waals surface area contributed by atoms with E-state index in [1.807, 2.05) is 0 Å². The van der Waals surface area contributed by atoms with Crippen molar-refractivity contribution in [1.29, 1.82) is 0 Å². The maximum absolute atomic E-state index is 8.58. The van der Waals surface area contributed by atoms with Crippen LogP contribution in [0.15, 0.2) is 28.0 Å². The fourth-order valence-corrected chi connectivity index (χ4v) is 0.439. The Morgan fingerprint density at radius 1 is 1.54 bits per heavy atom. The van der Waals surface area contributed by atoms with Gasteiger partial charge in [0.05, 0.1) is 12.7 Å². The molecule has 0 unspecified atom stereocenters. The normalized spacial score (nSPS) is 11.4. The van der Waals surface area contributed by atoms with Gasteiger partial charge in [-0.2, -0.15) is 0 Å². The van der Waals surface area contributed by atoms with Gasteiger partial charge in [-0.05, 0) is 6.07 Å². The lowest BCUT2D eigenvalue weighted by atomic mass is 10.8. The Labute approximate surface area is 75.4 Å². The quantitative estimate of drug-likeness (QED) is 0.567. The molecule has 2 rings (SSSR count). The van der Waals surface area contributed by atoms with Crippen molar-refractivity contribution in [2.75, 3.05) is 13.2 Å². The van der Waals surface area contributed by atoms with Crippen LogP contribution in [0.3, 0.4) is 0 Å². The van der Waals surface area contributed by atoms with E-state index in [0.29, 0.717) is 0 Å². The molecule has 1 aliphatic rings.